The van der Waals surface area contributed by atoms with Gasteiger partial charge in [-0.2, -0.15) is 4.31 Å². The molecule has 0 spiro atoms. The molecule has 0 aromatic heterocycles. The number of carbonyl (C=O) groups is 1. The highest BCUT2D eigenvalue weighted by Gasteiger charge is 2.25. The van der Waals surface area contributed by atoms with Gasteiger partial charge in [0, 0.05) is 6.54 Å². The fraction of sp³-hybridized carbons (Fsp3) is 0.357. The van der Waals surface area contributed by atoms with Gasteiger partial charge in [-0.15, -0.1) is 6.58 Å². The number of aliphatic carboxylic acids is 1. The molecule has 1 aromatic rings. The highest BCUT2D eigenvalue weighted by Crippen LogP contribution is 2.19. The first-order chi connectivity index (χ1) is 9.91. The molecule has 0 heterocycles. The summed E-state index contributed by atoms with van der Waals surface area (Å²) in [4.78, 5) is 10.8. The average Bonchev–Trinajstić information content (AvgIpc) is 2.44. The van der Waals surface area contributed by atoms with Gasteiger partial charge < -0.3 is 9.84 Å². The van der Waals surface area contributed by atoms with Gasteiger partial charge in [0.15, 0.2) is 0 Å². The normalized spacial score (nSPS) is 11.3. The van der Waals surface area contributed by atoms with Gasteiger partial charge in [-0.1, -0.05) is 13.0 Å². The van der Waals surface area contributed by atoms with Gasteiger partial charge in [0.25, 0.3) is 0 Å². The van der Waals surface area contributed by atoms with Gasteiger partial charge in [-0.25, -0.2) is 8.42 Å². The van der Waals surface area contributed by atoms with Crippen LogP contribution in [0.4, 0.5) is 0 Å². The maximum atomic E-state index is 12.4. The molecule has 0 radical (unpaired) electrons. The molecule has 1 aromatic carbocycles. The maximum absolute atomic E-state index is 12.4. The van der Waals surface area contributed by atoms with E-state index in [0.29, 0.717) is 12.4 Å². The van der Waals surface area contributed by atoms with E-state index in [1.807, 2.05) is 6.92 Å². The Morgan fingerprint density at radius 1 is 1.38 bits per heavy atom. The fourth-order valence-electron chi connectivity index (χ4n) is 1.62. The zero-order chi connectivity index (χ0) is 15.9. The molecule has 0 unspecified atom stereocenters. The molecule has 0 aliphatic carbocycles. The van der Waals surface area contributed by atoms with E-state index in [2.05, 4.69) is 6.58 Å². The van der Waals surface area contributed by atoms with Gasteiger partial charge in [0.1, 0.15) is 12.3 Å². The third-order valence-electron chi connectivity index (χ3n) is 2.58. The van der Waals surface area contributed by atoms with Crippen molar-refractivity contribution < 1.29 is 23.1 Å². The molecule has 7 heteroatoms. The smallest absolute Gasteiger partial charge is 0.318 e. The zero-order valence-corrected chi connectivity index (χ0v) is 12.7. The van der Waals surface area contributed by atoms with Crippen molar-refractivity contribution in [2.24, 2.45) is 0 Å². The largest absolute Gasteiger partial charge is 0.494 e. The monoisotopic (exact) mass is 313 g/mol. The van der Waals surface area contributed by atoms with Crippen LogP contribution in [0.1, 0.15) is 13.3 Å². The van der Waals surface area contributed by atoms with Crippen molar-refractivity contribution in [3.63, 3.8) is 0 Å². The molecule has 1 N–H and O–H groups in total. The van der Waals surface area contributed by atoms with Crippen molar-refractivity contribution in [2.75, 3.05) is 19.7 Å². The van der Waals surface area contributed by atoms with E-state index < -0.39 is 22.5 Å². The Morgan fingerprint density at radius 2 is 2.00 bits per heavy atom. The van der Waals surface area contributed by atoms with Crippen LogP contribution in [-0.4, -0.2) is 43.5 Å². The quantitative estimate of drug-likeness (QED) is 0.702. The minimum atomic E-state index is -3.87. The highest BCUT2D eigenvalue weighted by molar-refractivity contribution is 7.89. The minimum Gasteiger partial charge on any atom is -0.494 e. The molecule has 0 fully saturated rings. The molecule has 0 aliphatic heterocycles. The number of hydrogen-bond acceptors (Lipinski definition) is 4. The second-order valence-corrected chi connectivity index (χ2v) is 6.24. The van der Waals surface area contributed by atoms with E-state index in [4.69, 9.17) is 9.84 Å². The van der Waals surface area contributed by atoms with Crippen LogP contribution in [0.25, 0.3) is 0 Å². The number of rotatable bonds is 9. The second-order valence-electron chi connectivity index (χ2n) is 4.30. The average molecular weight is 313 g/mol. The fourth-order valence-corrected chi connectivity index (χ4v) is 2.98. The summed E-state index contributed by atoms with van der Waals surface area (Å²) in [7, 11) is -3.87. The van der Waals surface area contributed by atoms with E-state index in [1.165, 1.54) is 18.2 Å². The molecule has 0 bridgehead atoms. The van der Waals surface area contributed by atoms with Gasteiger partial charge in [0.05, 0.1) is 11.5 Å². The minimum absolute atomic E-state index is 0.0226. The molecule has 0 saturated heterocycles. The summed E-state index contributed by atoms with van der Waals surface area (Å²) in [6.45, 7) is 5.29. The first kappa shape index (κ1) is 17.2. The molecular formula is C14H19NO5S. The first-order valence-electron chi connectivity index (χ1n) is 6.47. The summed E-state index contributed by atoms with van der Waals surface area (Å²) in [5, 5.41) is 8.80. The molecule has 0 aliphatic rings. The summed E-state index contributed by atoms with van der Waals surface area (Å²) in [6, 6.07) is 5.90. The SMILES string of the molecule is C=CCN(CC(=O)O)S(=O)(=O)c1ccc(OCCC)cc1. The van der Waals surface area contributed by atoms with Crippen LogP contribution in [0, 0.1) is 0 Å². The third kappa shape index (κ3) is 4.87. The molecule has 0 saturated carbocycles. The number of nitrogens with zero attached hydrogens (tertiary/aromatic N) is 1. The topological polar surface area (TPSA) is 83.9 Å². The van der Waals surface area contributed by atoms with E-state index in [9.17, 15) is 13.2 Å². The van der Waals surface area contributed by atoms with Gasteiger partial charge >= 0.3 is 5.97 Å². The van der Waals surface area contributed by atoms with Crippen LogP contribution in [0.3, 0.4) is 0 Å². The van der Waals surface area contributed by atoms with Crippen molar-refractivity contribution in [3.05, 3.63) is 36.9 Å². The molecule has 1 rings (SSSR count). The second kappa shape index (κ2) is 7.80. The number of carboxylic acid groups (broad SMARTS) is 1. The summed E-state index contributed by atoms with van der Waals surface area (Å²) in [5.74, 6) is -0.646. The molecule has 0 amide bonds. The van der Waals surface area contributed by atoms with E-state index >= 15 is 0 Å². The number of ether oxygens (including phenoxy) is 1. The Hall–Kier alpha value is -1.86. The summed E-state index contributed by atoms with van der Waals surface area (Å²) >= 11 is 0. The summed E-state index contributed by atoms with van der Waals surface area (Å²) < 4.78 is 30.9. The van der Waals surface area contributed by atoms with Crippen LogP contribution in [0.5, 0.6) is 5.75 Å². The van der Waals surface area contributed by atoms with Gasteiger partial charge in [0.2, 0.25) is 10.0 Å². The molecule has 6 nitrogen and oxygen atoms in total. The molecule has 116 valence electrons. The lowest BCUT2D eigenvalue weighted by Gasteiger charge is -2.18. The first-order valence-corrected chi connectivity index (χ1v) is 7.91. The highest BCUT2D eigenvalue weighted by atomic mass is 32.2. The lowest BCUT2D eigenvalue weighted by Crippen LogP contribution is -2.35. The van der Waals surface area contributed by atoms with Crippen molar-refractivity contribution in [2.45, 2.75) is 18.2 Å². The summed E-state index contributed by atoms with van der Waals surface area (Å²) in [5.41, 5.74) is 0. The number of hydrogen-bond donors (Lipinski definition) is 1. The van der Waals surface area contributed by atoms with Crippen molar-refractivity contribution >= 4 is 16.0 Å². The van der Waals surface area contributed by atoms with Crippen LogP contribution in [0.15, 0.2) is 41.8 Å². The van der Waals surface area contributed by atoms with E-state index in [-0.39, 0.29) is 11.4 Å². The Bertz CT molecular complexity index is 580. The van der Waals surface area contributed by atoms with Crippen LogP contribution < -0.4 is 4.74 Å². The Kier molecular flexibility index (Phi) is 6.39. The van der Waals surface area contributed by atoms with Crippen LogP contribution in [0.2, 0.25) is 0 Å². The maximum Gasteiger partial charge on any atom is 0.318 e. The van der Waals surface area contributed by atoms with Gasteiger partial charge in [-0.05, 0) is 30.7 Å². The Morgan fingerprint density at radius 3 is 2.48 bits per heavy atom. The predicted octanol–water partition coefficient (Wildman–Crippen LogP) is 1.74. The Balaban J connectivity index is 2.98. The number of benzene rings is 1. The van der Waals surface area contributed by atoms with E-state index in [0.717, 1.165) is 10.7 Å². The zero-order valence-electron chi connectivity index (χ0n) is 11.9. The van der Waals surface area contributed by atoms with Crippen LogP contribution >= 0.6 is 0 Å². The van der Waals surface area contributed by atoms with E-state index in [1.54, 1.807) is 12.1 Å². The Labute approximate surface area is 124 Å². The number of sulfonamides is 1. The van der Waals surface area contributed by atoms with Crippen molar-refractivity contribution in [1.82, 2.24) is 4.31 Å². The van der Waals surface area contributed by atoms with Crippen molar-refractivity contribution in [3.8, 4) is 5.75 Å². The number of carboxylic acids is 1. The van der Waals surface area contributed by atoms with Crippen LogP contribution in [-0.2, 0) is 14.8 Å². The lowest BCUT2D eigenvalue weighted by molar-refractivity contribution is -0.137. The lowest BCUT2D eigenvalue weighted by atomic mass is 10.3. The van der Waals surface area contributed by atoms with Crippen molar-refractivity contribution in [1.29, 1.82) is 0 Å². The standard InChI is InChI=1S/C14H19NO5S/c1-3-9-15(11-14(16)17)21(18,19)13-7-5-12(6-8-13)20-10-4-2/h3,5-8H,1,4,9-11H2,2H3,(H,16,17). The van der Waals surface area contributed by atoms with Gasteiger partial charge in [-0.3, -0.25) is 4.79 Å². The summed E-state index contributed by atoms with van der Waals surface area (Å²) in [6.07, 6.45) is 2.20. The predicted molar refractivity (Wildman–Crippen MR) is 78.8 cm³/mol. The third-order valence-corrected chi connectivity index (χ3v) is 4.40. The molecule has 21 heavy (non-hydrogen) atoms. The molecule has 0 atom stereocenters. The molecular weight excluding hydrogens is 294 g/mol.